The van der Waals surface area contributed by atoms with Crippen LogP contribution in [0.3, 0.4) is 0 Å². The van der Waals surface area contributed by atoms with Gasteiger partial charge in [0.05, 0.1) is 11.9 Å². The second-order valence-corrected chi connectivity index (χ2v) is 2.51. The molecule has 0 unspecified atom stereocenters. The van der Waals surface area contributed by atoms with Crippen molar-refractivity contribution in [2.75, 3.05) is 0 Å². The number of carbonyl (C=O) groups is 2. The third kappa shape index (κ3) is 2.76. The quantitative estimate of drug-likeness (QED) is 0.535. The van der Waals surface area contributed by atoms with Gasteiger partial charge in [0.1, 0.15) is 0 Å². The predicted molar refractivity (Wildman–Crippen MR) is 36.3 cm³/mol. The average molecular weight is 371 g/mol. The summed E-state index contributed by atoms with van der Waals surface area (Å²) in [4.78, 5) is 20.4. The van der Waals surface area contributed by atoms with Crippen LogP contribution in [0.25, 0.3) is 0 Å². The molecule has 1 rings (SSSR count). The van der Waals surface area contributed by atoms with Crippen molar-refractivity contribution < 1.29 is 40.9 Å². The van der Waals surface area contributed by atoms with Gasteiger partial charge in [-0.3, -0.25) is 0 Å². The average Bonchev–Trinajstić information content (AvgIpc) is 1.57. The van der Waals surface area contributed by atoms with E-state index in [9.17, 15) is 19.8 Å². The Hall–Kier alpha value is -0.452. The monoisotopic (exact) mass is 371 g/mol. The van der Waals surface area contributed by atoms with Gasteiger partial charge >= 0.3 is 21.1 Å². The molecule has 0 radical (unpaired) electrons. The molecule has 6 nitrogen and oxygen atoms in total. The molecule has 0 aromatic carbocycles. The summed E-state index contributed by atoms with van der Waals surface area (Å²) in [5, 5.41) is 20.4. The molecule has 7 heteroatoms. The van der Waals surface area contributed by atoms with Crippen LogP contribution < -0.4 is 22.5 Å². The van der Waals surface area contributed by atoms with E-state index in [2.05, 4.69) is 0 Å². The van der Waals surface area contributed by atoms with Gasteiger partial charge in [-0.25, -0.2) is 0 Å². The van der Waals surface area contributed by atoms with E-state index in [1.165, 1.54) is 0 Å². The van der Waals surface area contributed by atoms with Crippen LogP contribution in [0, 0.1) is 5.41 Å². The van der Waals surface area contributed by atoms with Gasteiger partial charge in [0.15, 0.2) is 0 Å². The van der Waals surface area contributed by atoms with Crippen molar-refractivity contribution in [2.45, 2.75) is 19.3 Å². The fraction of sp³-hybridized carbons (Fsp3) is 0.667. The summed E-state index contributed by atoms with van der Waals surface area (Å²) in [6.45, 7) is 0. The summed E-state index contributed by atoms with van der Waals surface area (Å²) in [5.41, 5.74) is -1.67. The third-order valence-electron chi connectivity index (χ3n) is 1.99. The number of carboxylic acids is 2. The molecule has 6 N–H and O–H groups in total. The van der Waals surface area contributed by atoms with Crippen LogP contribution in [-0.4, -0.2) is 11.9 Å². The van der Waals surface area contributed by atoms with Crippen molar-refractivity contribution in [1.82, 2.24) is 12.3 Å². The molecule has 0 atom stereocenters. The fourth-order valence-electron chi connectivity index (χ4n) is 1.02. The number of aliphatic carboxylic acids is 2. The van der Waals surface area contributed by atoms with Gasteiger partial charge in [-0.2, -0.15) is 0 Å². The molecular weight excluding hydrogens is 359 g/mol. The summed E-state index contributed by atoms with van der Waals surface area (Å²) >= 11 is 0. The SMILES string of the molecule is N.N.O=C([O-])C1(C(=O)[O-])CCC1.[Pt+2]. The van der Waals surface area contributed by atoms with Crippen molar-refractivity contribution in [3.05, 3.63) is 0 Å². The van der Waals surface area contributed by atoms with Crippen LogP contribution in [0.4, 0.5) is 0 Å². The minimum Gasteiger partial charge on any atom is -0.549 e. The summed E-state index contributed by atoms with van der Waals surface area (Å²) in [6.07, 6.45) is 0.928. The second-order valence-electron chi connectivity index (χ2n) is 2.51. The maximum Gasteiger partial charge on any atom is 2.00 e. The van der Waals surface area contributed by atoms with Gasteiger partial charge in [-0.1, -0.05) is 6.42 Å². The standard InChI is InChI=1S/C6H8O4.2H3N.Pt/c7-4(8)6(5(9)10)2-1-3-6;;;/h1-3H2,(H,7,8)(H,9,10);2*1H3;/q;;;+2/p-2. The van der Waals surface area contributed by atoms with Crippen LogP contribution in [0.2, 0.25) is 0 Å². The van der Waals surface area contributed by atoms with Gasteiger partial charge in [-0.15, -0.1) is 0 Å². The molecule has 0 amide bonds. The zero-order valence-corrected chi connectivity index (χ0v) is 9.26. The van der Waals surface area contributed by atoms with Crippen LogP contribution in [-0.2, 0) is 30.7 Å². The number of carboxylic acid groups (broad SMARTS) is 2. The molecule has 0 bridgehead atoms. The zero-order valence-electron chi connectivity index (χ0n) is 6.98. The molecule has 0 aromatic heterocycles. The van der Waals surface area contributed by atoms with E-state index in [1.807, 2.05) is 0 Å². The number of hydrogen-bond acceptors (Lipinski definition) is 6. The Balaban J connectivity index is -0.000000333. The van der Waals surface area contributed by atoms with Crippen molar-refractivity contribution in [3.63, 3.8) is 0 Å². The molecule has 1 aliphatic carbocycles. The molecule has 1 fully saturated rings. The Labute approximate surface area is 90.1 Å². The van der Waals surface area contributed by atoms with E-state index >= 15 is 0 Å². The maximum atomic E-state index is 10.2. The Bertz CT molecular complexity index is 177. The van der Waals surface area contributed by atoms with Gasteiger partial charge in [-0.05, 0) is 12.8 Å². The fourth-order valence-corrected chi connectivity index (χ4v) is 1.02. The zero-order chi connectivity index (χ0) is 7.78. The number of carbonyl (C=O) groups excluding carboxylic acids is 2. The van der Waals surface area contributed by atoms with E-state index in [4.69, 9.17) is 0 Å². The molecule has 80 valence electrons. The molecule has 0 heterocycles. The molecule has 0 spiro atoms. The third-order valence-corrected chi connectivity index (χ3v) is 1.99. The number of rotatable bonds is 2. The van der Waals surface area contributed by atoms with Crippen LogP contribution >= 0.6 is 0 Å². The van der Waals surface area contributed by atoms with Crippen LogP contribution in [0.5, 0.6) is 0 Å². The second kappa shape index (κ2) is 6.07. The first-order valence-electron chi connectivity index (χ1n) is 3.02. The van der Waals surface area contributed by atoms with E-state index in [-0.39, 0.29) is 46.2 Å². The first kappa shape index (κ1) is 18.4. The van der Waals surface area contributed by atoms with Gasteiger partial charge in [0.25, 0.3) is 0 Å². The maximum absolute atomic E-state index is 10.2. The van der Waals surface area contributed by atoms with Gasteiger partial charge < -0.3 is 32.1 Å². The Morgan fingerprint density at radius 3 is 1.31 bits per heavy atom. The van der Waals surface area contributed by atoms with E-state index in [0.717, 1.165) is 0 Å². The molecule has 0 saturated heterocycles. The van der Waals surface area contributed by atoms with Crippen molar-refractivity contribution in [3.8, 4) is 0 Å². The first-order chi connectivity index (χ1) is 4.59. The summed E-state index contributed by atoms with van der Waals surface area (Å²) in [5.74, 6) is -3.03. The largest absolute Gasteiger partial charge is 2.00 e. The molecule has 0 aliphatic heterocycles. The number of hydrogen-bond donors (Lipinski definition) is 2. The molecular formula is C6H12N2O4Pt. The first-order valence-corrected chi connectivity index (χ1v) is 3.02. The molecule has 0 aromatic rings. The van der Waals surface area contributed by atoms with Crippen molar-refractivity contribution in [1.29, 1.82) is 0 Å². The molecule has 13 heavy (non-hydrogen) atoms. The Morgan fingerprint density at radius 1 is 1.00 bits per heavy atom. The van der Waals surface area contributed by atoms with E-state index in [0.29, 0.717) is 6.42 Å². The smallest absolute Gasteiger partial charge is 0.549 e. The summed E-state index contributed by atoms with van der Waals surface area (Å²) in [6, 6.07) is 0. The van der Waals surface area contributed by atoms with Crippen LogP contribution in [0.1, 0.15) is 19.3 Å². The van der Waals surface area contributed by atoms with E-state index < -0.39 is 17.4 Å². The molecule has 1 saturated carbocycles. The van der Waals surface area contributed by atoms with Crippen LogP contribution in [0.15, 0.2) is 0 Å². The minimum absolute atomic E-state index is 0. The topological polar surface area (TPSA) is 150 Å². The molecule has 1 aliphatic rings. The Morgan fingerprint density at radius 2 is 1.31 bits per heavy atom. The predicted octanol–water partition coefficient (Wildman–Crippen LogP) is -2.02. The van der Waals surface area contributed by atoms with Crippen molar-refractivity contribution in [2.24, 2.45) is 5.41 Å². The van der Waals surface area contributed by atoms with Gasteiger partial charge in [0, 0.05) is 5.41 Å². The Kier molecular flexibility index (Phi) is 8.57. The minimum atomic E-state index is -1.67. The van der Waals surface area contributed by atoms with E-state index in [1.54, 1.807) is 0 Å². The normalized spacial score (nSPS) is 16.3. The van der Waals surface area contributed by atoms with Crippen molar-refractivity contribution >= 4 is 11.9 Å². The van der Waals surface area contributed by atoms with Gasteiger partial charge in [0.2, 0.25) is 0 Å². The summed E-state index contributed by atoms with van der Waals surface area (Å²) < 4.78 is 0. The summed E-state index contributed by atoms with van der Waals surface area (Å²) in [7, 11) is 0.